The van der Waals surface area contributed by atoms with E-state index in [2.05, 4.69) is 16.3 Å². The molecule has 0 amide bonds. The Hall–Kier alpha value is -4.98. The molecule has 13 nitrogen and oxygen atoms in total. The monoisotopic (exact) mass is 674 g/mol. The molecule has 2 heterocycles. The van der Waals surface area contributed by atoms with Crippen LogP contribution in [0.3, 0.4) is 0 Å². The van der Waals surface area contributed by atoms with Crippen LogP contribution in [-0.4, -0.2) is 97.3 Å². The highest BCUT2D eigenvalue weighted by atomic mass is 19.3. The van der Waals surface area contributed by atoms with Gasteiger partial charge >= 0.3 is 11.7 Å². The van der Waals surface area contributed by atoms with Crippen LogP contribution in [0.15, 0.2) is 58.5 Å². The number of aromatic nitrogens is 3. The lowest BCUT2D eigenvalue weighted by molar-refractivity contribution is -0.890. The summed E-state index contributed by atoms with van der Waals surface area (Å²) in [5.74, 6) is -0.701. The van der Waals surface area contributed by atoms with Gasteiger partial charge in [-0.25, -0.2) is 32.4 Å². The predicted molar refractivity (Wildman–Crippen MR) is 165 cm³/mol. The number of aliphatic hydroxyl groups is 1. The average Bonchev–Trinajstić information content (AvgIpc) is 3.45. The zero-order valence-corrected chi connectivity index (χ0v) is 26.9. The number of methoxy groups -OCH3 is 1. The summed E-state index contributed by atoms with van der Waals surface area (Å²) in [5, 5.41) is 33.5. The number of nitrogens with one attached hydrogen (secondary N) is 1. The Balaban J connectivity index is 0.00000201. The molecule has 0 radical (unpaired) electrons. The van der Waals surface area contributed by atoms with Crippen LogP contribution in [0.5, 0.6) is 0 Å². The summed E-state index contributed by atoms with van der Waals surface area (Å²) in [6, 6.07) is 11.5. The highest BCUT2D eigenvalue weighted by Crippen LogP contribution is 2.43. The number of hydrogen-bond donors (Lipinski definition) is 2. The largest absolute Gasteiger partial charge is 0.554 e. The number of hydrogen-bond acceptors (Lipinski definition) is 10. The Morgan fingerprint density at radius 3 is 2.54 bits per heavy atom. The van der Waals surface area contributed by atoms with Gasteiger partial charge in [-0.1, -0.05) is 18.2 Å². The molecule has 4 rings (SSSR count). The lowest BCUT2D eigenvalue weighted by atomic mass is 9.89. The number of likely N-dealkylation sites (N-methyl/N-ethyl adjacent to an activating group) is 1. The van der Waals surface area contributed by atoms with Crippen molar-refractivity contribution in [3.63, 3.8) is 0 Å². The number of allylic oxidation sites excluding steroid dienone is 1. The van der Waals surface area contributed by atoms with Gasteiger partial charge in [0.25, 0.3) is 6.43 Å². The molecule has 0 bridgehead atoms. The van der Waals surface area contributed by atoms with Crippen LogP contribution in [0.1, 0.15) is 41.4 Å². The molecule has 0 aliphatic carbocycles. The minimum absolute atomic E-state index is 0.0483. The van der Waals surface area contributed by atoms with Crippen molar-refractivity contribution in [2.24, 2.45) is 0 Å². The summed E-state index contributed by atoms with van der Waals surface area (Å²) < 4.78 is 53.2. The fourth-order valence-corrected chi connectivity index (χ4v) is 5.41. The first-order valence-corrected chi connectivity index (χ1v) is 14.7. The molecule has 16 heteroatoms. The van der Waals surface area contributed by atoms with Crippen LogP contribution in [0.25, 0.3) is 0 Å². The quantitative estimate of drug-likeness (QED) is 0.118. The van der Waals surface area contributed by atoms with E-state index in [1.54, 1.807) is 25.1 Å². The zero-order valence-electron chi connectivity index (χ0n) is 26.9. The molecule has 2 N–H and O–H groups in total. The van der Waals surface area contributed by atoms with Crippen LogP contribution < -0.4 is 15.7 Å². The topological polar surface area (TPSA) is 174 Å². The number of fused-ring (bicyclic) bond motifs is 1. The smallest absolute Gasteiger partial charge is 0.345 e. The van der Waals surface area contributed by atoms with E-state index in [0.29, 0.717) is 47.3 Å². The minimum atomic E-state index is -3.25. The number of benzene rings is 2. The van der Waals surface area contributed by atoms with Crippen LogP contribution >= 0.6 is 0 Å². The number of aromatic amines is 1. The molecule has 1 aliphatic heterocycles. The second kappa shape index (κ2) is 16.7. The van der Waals surface area contributed by atoms with Crippen molar-refractivity contribution < 1.29 is 46.9 Å². The Morgan fingerprint density at radius 1 is 1.21 bits per heavy atom. The highest BCUT2D eigenvalue weighted by Gasteiger charge is 2.40. The van der Waals surface area contributed by atoms with Crippen molar-refractivity contribution >= 4 is 24.1 Å². The number of halogens is 3. The van der Waals surface area contributed by atoms with Gasteiger partial charge in [-0.05, 0) is 47.9 Å². The van der Waals surface area contributed by atoms with Gasteiger partial charge in [0.05, 0.1) is 64.8 Å². The molecule has 2 atom stereocenters. The van der Waals surface area contributed by atoms with E-state index in [-0.39, 0.29) is 41.7 Å². The van der Waals surface area contributed by atoms with Gasteiger partial charge in [0.1, 0.15) is 12.6 Å². The third-order valence-corrected chi connectivity index (χ3v) is 7.85. The molecule has 2 aromatic carbocycles. The second-order valence-electron chi connectivity index (χ2n) is 11.3. The van der Waals surface area contributed by atoms with Crippen molar-refractivity contribution in [2.45, 2.75) is 32.0 Å². The number of esters is 1. The molecule has 258 valence electrons. The number of carbonyl (C=O) groups is 2. The van der Waals surface area contributed by atoms with E-state index in [1.165, 1.54) is 40.8 Å². The van der Waals surface area contributed by atoms with E-state index >= 15 is 0 Å². The van der Waals surface area contributed by atoms with E-state index in [0.717, 1.165) is 0 Å². The highest BCUT2D eigenvalue weighted by molar-refractivity contribution is 5.93. The van der Waals surface area contributed by atoms with Gasteiger partial charge in [-0.3, -0.25) is 4.90 Å². The number of nitrogens with zero attached hydrogens (tertiary/aromatic N) is 5. The molecule has 0 saturated carbocycles. The molecule has 48 heavy (non-hydrogen) atoms. The molecule has 0 fully saturated rings. The van der Waals surface area contributed by atoms with Crippen LogP contribution in [0.4, 0.5) is 24.8 Å². The standard InChI is InChI=1S/C31H35F3N6O5.CH2O2/c1-19-25(29(42)44-4)27(24-9-8-20(18-35)16-21(24)10-11-40(2,3)12-14-45-15-13-41)39-30(36-37-31(39)43)38(19)23-7-5-6-22(17-23)26(32)28(33)34;2-1-3/h5-9,16-17,26-28,41H,10-15H2,1-4H3;1H,(H,2,3). The molecule has 0 spiro atoms. The van der Waals surface area contributed by atoms with Crippen molar-refractivity contribution in [1.82, 2.24) is 14.8 Å². The number of quaternary nitrogens is 1. The summed E-state index contributed by atoms with van der Waals surface area (Å²) in [4.78, 5) is 36.5. The minimum Gasteiger partial charge on any atom is -0.554 e. The number of carbonyl (C=O) groups excluding carboxylic acids is 2. The Kier molecular flexibility index (Phi) is 13.1. The maximum absolute atomic E-state index is 14.3. The second-order valence-corrected chi connectivity index (χ2v) is 11.3. The van der Waals surface area contributed by atoms with E-state index in [4.69, 9.17) is 24.5 Å². The van der Waals surface area contributed by atoms with Crippen molar-refractivity contribution in [3.05, 3.63) is 86.5 Å². The average molecular weight is 675 g/mol. The molecule has 2 unspecified atom stereocenters. The summed E-state index contributed by atoms with van der Waals surface area (Å²) in [7, 11) is 5.23. The van der Waals surface area contributed by atoms with Crippen LogP contribution in [0.2, 0.25) is 0 Å². The number of H-pyrrole nitrogens is 1. The molecular formula is C32H37F3N6O7. The van der Waals surface area contributed by atoms with Gasteiger partial charge in [-0.2, -0.15) is 5.26 Å². The molecule has 1 aromatic heterocycles. The van der Waals surface area contributed by atoms with Crippen LogP contribution in [-0.2, 0) is 25.5 Å². The predicted octanol–water partition coefficient (Wildman–Crippen LogP) is 1.90. The lowest BCUT2D eigenvalue weighted by Gasteiger charge is -2.36. The first-order chi connectivity index (χ1) is 22.8. The normalized spacial score (nSPS) is 14.9. The van der Waals surface area contributed by atoms with Gasteiger partial charge in [0.2, 0.25) is 5.95 Å². The SMILES string of the molecule is COC(=O)C1=C(C)N(c2cccc(C(F)C(F)F)c2)c2n[nH]c(=O)n2C1c1ccc(C#N)cc1CC[N+](C)(C)CCOCCO.O=C[O-]. The van der Waals surface area contributed by atoms with Gasteiger partial charge in [0.15, 0.2) is 6.17 Å². The number of rotatable bonds is 13. The van der Waals surface area contributed by atoms with E-state index in [1.807, 2.05) is 14.1 Å². The zero-order chi connectivity index (χ0) is 35.6. The first-order valence-electron chi connectivity index (χ1n) is 14.7. The van der Waals surface area contributed by atoms with Crippen molar-refractivity contribution in [3.8, 4) is 6.07 Å². The number of nitriles is 1. The summed E-state index contributed by atoms with van der Waals surface area (Å²) in [5.41, 5.74) is 1.28. The Bertz CT molecular complexity index is 1720. The molecule has 3 aromatic rings. The number of carboxylic acid groups (broad SMARTS) is 1. The Labute approximate surface area is 274 Å². The summed E-state index contributed by atoms with van der Waals surface area (Å²) >= 11 is 0. The van der Waals surface area contributed by atoms with Crippen molar-refractivity contribution in [1.29, 1.82) is 5.26 Å². The summed E-state index contributed by atoms with van der Waals surface area (Å²) in [6.45, 7) is 2.95. The molecule has 0 saturated heterocycles. The van der Waals surface area contributed by atoms with E-state index in [9.17, 15) is 28.0 Å². The van der Waals surface area contributed by atoms with Gasteiger partial charge in [-0.15, -0.1) is 5.10 Å². The fraction of sp³-hybridized carbons (Fsp3) is 0.406. The summed E-state index contributed by atoms with van der Waals surface area (Å²) in [6.07, 6.45) is -5.33. The third kappa shape index (κ3) is 8.48. The lowest BCUT2D eigenvalue weighted by Crippen LogP contribution is -2.44. The number of anilines is 2. The maximum atomic E-state index is 14.3. The van der Waals surface area contributed by atoms with Gasteiger partial charge < -0.3 is 29.0 Å². The van der Waals surface area contributed by atoms with Crippen LogP contribution in [0, 0.1) is 11.3 Å². The molecule has 1 aliphatic rings. The Morgan fingerprint density at radius 2 is 1.92 bits per heavy atom. The number of alkyl halides is 3. The number of ether oxygens (including phenoxy) is 2. The maximum Gasteiger partial charge on any atom is 0.345 e. The number of aliphatic hydroxyl groups excluding tert-OH is 1. The molecular weight excluding hydrogens is 637 g/mol. The first kappa shape index (κ1) is 37.5. The third-order valence-electron chi connectivity index (χ3n) is 7.85. The van der Waals surface area contributed by atoms with Crippen molar-refractivity contribution in [2.75, 3.05) is 59.0 Å². The van der Waals surface area contributed by atoms with E-state index < -0.39 is 36.8 Å². The fourth-order valence-electron chi connectivity index (χ4n) is 5.41. The van der Waals surface area contributed by atoms with Gasteiger partial charge in [0, 0.05) is 24.3 Å².